The van der Waals surface area contributed by atoms with Crippen LogP contribution in [0, 0.1) is 11.8 Å². The molecule has 0 atom stereocenters. The predicted octanol–water partition coefficient (Wildman–Crippen LogP) is 2.61. The van der Waals surface area contributed by atoms with Gasteiger partial charge in [0.1, 0.15) is 5.75 Å². The summed E-state index contributed by atoms with van der Waals surface area (Å²) in [6, 6.07) is 9.84. The number of hydrogen-bond acceptors (Lipinski definition) is 3. The summed E-state index contributed by atoms with van der Waals surface area (Å²) < 4.78 is 5.82. The van der Waals surface area contributed by atoms with Crippen LogP contribution in [0.1, 0.15) is 38.5 Å². The number of hydrogen-bond donors (Lipinski definition) is 1. The fourth-order valence-corrected chi connectivity index (χ4v) is 3.69. The van der Waals surface area contributed by atoms with E-state index in [0.29, 0.717) is 12.5 Å². The Morgan fingerprint density at radius 2 is 1.72 bits per heavy atom. The Bertz CT molecular complexity index is 562. The van der Waals surface area contributed by atoms with Crippen LogP contribution < -0.4 is 10.1 Å². The van der Waals surface area contributed by atoms with Crippen molar-refractivity contribution in [3.8, 4) is 5.75 Å². The standard InChI is InChI=1S/C20H28N2O3/c23-19(14-21-20(24)17-6-4-5-7-17)22-12-10-16(11-13-22)15-25-18-8-2-1-3-9-18/h1-3,8-9,16-17H,4-7,10-15H2,(H,21,24). The van der Waals surface area contributed by atoms with Crippen molar-refractivity contribution in [1.29, 1.82) is 0 Å². The lowest BCUT2D eigenvalue weighted by Crippen LogP contribution is -2.45. The monoisotopic (exact) mass is 344 g/mol. The summed E-state index contributed by atoms with van der Waals surface area (Å²) in [7, 11) is 0. The average Bonchev–Trinajstić information content (AvgIpc) is 3.20. The molecule has 5 nitrogen and oxygen atoms in total. The van der Waals surface area contributed by atoms with Gasteiger partial charge in [-0.1, -0.05) is 31.0 Å². The normalized spacial score (nSPS) is 19.0. The highest BCUT2D eigenvalue weighted by atomic mass is 16.5. The Morgan fingerprint density at radius 3 is 2.40 bits per heavy atom. The van der Waals surface area contributed by atoms with Crippen molar-refractivity contribution in [2.24, 2.45) is 11.8 Å². The molecular weight excluding hydrogens is 316 g/mol. The number of nitrogens with zero attached hydrogens (tertiary/aromatic N) is 1. The SMILES string of the molecule is O=C(NCC(=O)N1CCC(COc2ccccc2)CC1)C1CCCC1. The van der Waals surface area contributed by atoms with Crippen LogP contribution in [-0.2, 0) is 9.59 Å². The first kappa shape index (κ1) is 17.8. The predicted molar refractivity (Wildman–Crippen MR) is 96.2 cm³/mol. The topological polar surface area (TPSA) is 58.6 Å². The molecule has 136 valence electrons. The molecule has 1 saturated heterocycles. The van der Waals surface area contributed by atoms with Crippen molar-refractivity contribution < 1.29 is 14.3 Å². The molecule has 1 saturated carbocycles. The Balaban J connectivity index is 1.33. The van der Waals surface area contributed by atoms with Gasteiger partial charge in [-0.25, -0.2) is 0 Å². The lowest BCUT2D eigenvalue weighted by atomic mass is 9.98. The Hall–Kier alpha value is -2.04. The second kappa shape index (κ2) is 8.88. The molecule has 1 N–H and O–H groups in total. The van der Waals surface area contributed by atoms with Crippen LogP contribution in [-0.4, -0.2) is 43.0 Å². The van der Waals surface area contributed by atoms with Crippen LogP contribution in [0.2, 0.25) is 0 Å². The summed E-state index contributed by atoms with van der Waals surface area (Å²) in [5.41, 5.74) is 0. The number of carbonyl (C=O) groups is 2. The summed E-state index contributed by atoms with van der Waals surface area (Å²) in [4.78, 5) is 26.2. The van der Waals surface area contributed by atoms with Crippen LogP contribution in [0.3, 0.4) is 0 Å². The van der Waals surface area contributed by atoms with Gasteiger partial charge in [0.15, 0.2) is 0 Å². The molecule has 1 aliphatic heterocycles. The molecule has 1 aliphatic carbocycles. The van der Waals surface area contributed by atoms with E-state index in [4.69, 9.17) is 4.74 Å². The smallest absolute Gasteiger partial charge is 0.241 e. The summed E-state index contributed by atoms with van der Waals surface area (Å²) >= 11 is 0. The van der Waals surface area contributed by atoms with Gasteiger partial charge in [0.2, 0.25) is 11.8 Å². The summed E-state index contributed by atoms with van der Waals surface area (Å²) in [6.07, 6.45) is 6.10. The molecule has 1 aromatic rings. The van der Waals surface area contributed by atoms with E-state index in [9.17, 15) is 9.59 Å². The fourth-order valence-electron chi connectivity index (χ4n) is 3.69. The van der Waals surface area contributed by atoms with Gasteiger partial charge >= 0.3 is 0 Å². The molecule has 0 bridgehead atoms. The minimum absolute atomic E-state index is 0.0359. The van der Waals surface area contributed by atoms with E-state index in [1.54, 1.807) is 0 Å². The highest BCUT2D eigenvalue weighted by Crippen LogP contribution is 2.24. The van der Waals surface area contributed by atoms with Crippen LogP contribution in [0.4, 0.5) is 0 Å². The van der Waals surface area contributed by atoms with Crippen molar-refractivity contribution in [3.63, 3.8) is 0 Å². The van der Waals surface area contributed by atoms with E-state index in [0.717, 1.165) is 57.4 Å². The largest absolute Gasteiger partial charge is 0.493 e. The van der Waals surface area contributed by atoms with Gasteiger partial charge in [-0.05, 0) is 43.7 Å². The maximum absolute atomic E-state index is 12.3. The second-order valence-corrected chi connectivity index (χ2v) is 7.15. The quantitative estimate of drug-likeness (QED) is 0.863. The van der Waals surface area contributed by atoms with Gasteiger partial charge in [0.25, 0.3) is 0 Å². The van der Waals surface area contributed by atoms with E-state index < -0.39 is 0 Å². The maximum atomic E-state index is 12.3. The van der Waals surface area contributed by atoms with Gasteiger partial charge in [0.05, 0.1) is 13.2 Å². The number of carbonyl (C=O) groups excluding carboxylic acids is 2. The van der Waals surface area contributed by atoms with Gasteiger partial charge < -0.3 is 15.0 Å². The zero-order valence-electron chi connectivity index (χ0n) is 14.8. The molecule has 2 aliphatic rings. The molecule has 2 amide bonds. The molecule has 0 spiro atoms. The third kappa shape index (κ3) is 5.21. The highest BCUT2D eigenvalue weighted by Gasteiger charge is 2.26. The Labute approximate surface area is 149 Å². The molecule has 1 aromatic carbocycles. The lowest BCUT2D eigenvalue weighted by molar-refractivity contribution is -0.135. The molecule has 2 fully saturated rings. The van der Waals surface area contributed by atoms with Crippen LogP contribution in [0.25, 0.3) is 0 Å². The number of likely N-dealkylation sites (tertiary alicyclic amines) is 1. The Morgan fingerprint density at radius 1 is 1.04 bits per heavy atom. The van der Waals surface area contributed by atoms with Gasteiger partial charge in [0, 0.05) is 19.0 Å². The molecule has 0 unspecified atom stereocenters. The van der Waals surface area contributed by atoms with Crippen LogP contribution in [0.15, 0.2) is 30.3 Å². The molecular formula is C20H28N2O3. The van der Waals surface area contributed by atoms with Gasteiger partial charge in [-0.2, -0.15) is 0 Å². The molecule has 0 aromatic heterocycles. The molecule has 1 heterocycles. The lowest BCUT2D eigenvalue weighted by Gasteiger charge is -2.32. The highest BCUT2D eigenvalue weighted by molar-refractivity contribution is 5.86. The minimum Gasteiger partial charge on any atom is -0.493 e. The first-order chi connectivity index (χ1) is 12.2. The van der Waals surface area contributed by atoms with Gasteiger partial charge in [-0.15, -0.1) is 0 Å². The van der Waals surface area contributed by atoms with E-state index in [1.807, 2.05) is 35.2 Å². The Kier molecular flexibility index (Phi) is 6.31. The van der Waals surface area contributed by atoms with Crippen molar-refractivity contribution in [1.82, 2.24) is 10.2 Å². The number of benzene rings is 1. The van der Waals surface area contributed by atoms with E-state index >= 15 is 0 Å². The maximum Gasteiger partial charge on any atom is 0.241 e. The van der Waals surface area contributed by atoms with Crippen LogP contribution in [0.5, 0.6) is 5.75 Å². The summed E-state index contributed by atoms with van der Waals surface area (Å²) in [6.45, 7) is 2.34. The fraction of sp³-hybridized carbons (Fsp3) is 0.600. The van der Waals surface area contributed by atoms with Crippen molar-refractivity contribution >= 4 is 11.8 Å². The molecule has 3 rings (SSSR count). The number of para-hydroxylation sites is 1. The molecule has 5 heteroatoms. The van der Waals surface area contributed by atoms with Gasteiger partial charge in [-0.3, -0.25) is 9.59 Å². The molecule has 25 heavy (non-hydrogen) atoms. The number of ether oxygens (including phenoxy) is 1. The third-order valence-corrected chi connectivity index (χ3v) is 5.34. The van der Waals surface area contributed by atoms with E-state index in [2.05, 4.69) is 5.32 Å². The number of rotatable bonds is 6. The first-order valence-electron chi connectivity index (χ1n) is 9.45. The van der Waals surface area contributed by atoms with Crippen molar-refractivity contribution in [2.45, 2.75) is 38.5 Å². The zero-order valence-corrected chi connectivity index (χ0v) is 14.8. The minimum atomic E-state index is 0.0359. The second-order valence-electron chi connectivity index (χ2n) is 7.15. The first-order valence-corrected chi connectivity index (χ1v) is 9.45. The molecule has 0 radical (unpaired) electrons. The third-order valence-electron chi connectivity index (χ3n) is 5.34. The number of nitrogens with one attached hydrogen (secondary N) is 1. The average molecular weight is 344 g/mol. The summed E-state index contributed by atoms with van der Waals surface area (Å²) in [5, 5.41) is 2.82. The van der Waals surface area contributed by atoms with E-state index in [-0.39, 0.29) is 24.3 Å². The zero-order chi connectivity index (χ0) is 17.5. The van der Waals surface area contributed by atoms with Crippen molar-refractivity contribution in [2.75, 3.05) is 26.2 Å². The summed E-state index contributed by atoms with van der Waals surface area (Å²) in [5.74, 6) is 1.59. The number of piperidine rings is 1. The van der Waals surface area contributed by atoms with Crippen molar-refractivity contribution in [3.05, 3.63) is 30.3 Å². The number of amides is 2. The van der Waals surface area contributed by atoms with E-state index in [1.165, 1.54) is 0 Å². The van der Waals surface area contributed by atoms with Crippen LogP contribution >= 0.6 is 0 Å².